The Labute approximate surface area is 300 Å². The van der Waals surface area contributed by atoms with Crippen molar-refractivity contribution < 1.29 is 29.0 Å². The first-order valence-electron chi connectivity index (χ1n) is 16.4. The maximum atomic E-state index is 15.4. The molecule has 5 aromatic carbocycles. The Hall–Kier alpha value is -4.19. The lowest BCUT2D eigenvalue weighted by Gasteiger charge is -2.51. The second-order valence-electron chi connectivity index (χ2n) is 12.2. The lowest BCUT2D eigenvalue weighted by atomic mass is 9.67. The summed E-state index contributed by atoms with van der Waals surface area (Å²) in [5.41, 5.74) is -0.0623. The minimum atomic E-state index is -1.98. The van der Waals surface area contributed by atoms with Gasteiger partial charge in [-0.15, -0.1) is 11.3 Å². The number of thiazole rings is 1. The van der Waals surface area contributed by atoms with Crippen molar-refractivity contribution in [3.8, 4) is 0 Å². The molecule has 3 N–H and O–H groups in total. The standard InChI is InChI=1S/C41H39NO6S2/c43-28-35(44)38(46)41(27-32-19-9-3-10-20-32,48-50-39-42-34-23-13-14-24-36(34)49-39)40(26-31-17-7-2-8-18-31,47-29-33-21-11-4-12-22-33)37(45)25-30-15-5-1-6-16-30/h1-24,35,38,43-44,46H,25-29H2/t35?,38?,40-,41?/m0/s1. The number of aliphatic hydroxyl groups excluding tert-OH is 3. The SMILES string of the molecule is O=C(Cc1ccccc1)[C@](Cc1ccccc1)(OCc1ccccc1)C(Cc1ccccc1)(OSc1nc2ccccc2s1)C(O)C(O)CO. The molecular formula is C41H39NO6S2. The molecule has 6 rings (SSSR count). The molecule has 3 unspecified atom stereocenters. The molecule has 0 bridgehead atoms. The second kappa shape index (κ2) is 16.7. The zero-order chi connectivity index (χ0) is 34.8. The largest absolute Gasteiger partial charge is 0.394 e. The summed E-state index contributed by atoms with van der Waals surface area (Å²) >= 11 is 2.35. The van der Waals surface area contributed by atoms with Gasteiger partial charge in [0.25, 0.3) is 0 Å². The third kappa shape index (κ3) is 8.06. The van der Waals surface area contributed by atoms with Gasteiger partial charge >= 0.3 is 0 Å². The maximum Gasteiger partial charge on any atom is 0.178 e. The van der Waals surface area contributed by atoms with Crippen molar-refractivity contribution in [1.82, 2.24) is 4.98 Å². The Morgan fingerprint density at radius 3 is 1.80 bits per heavy atom. The van der Waals surface area contributed by atoms with Crippen LogP contribution < -0.4 is 0 Å². The van der Waals surface area contributed by atoms with E-state index in [1.165, 1.54) is 11.3 Å². The van der Waals surface area contributed by atoms with Gasteiger partial charge in [0.05, 0.1) is 35.5 Å². The lowest BCUT2D eigenvalue weighted by molar-refractivity contribution is -0.226. The molecule has 9 heteroatoms. The van der Waals surface area contributed by atoms with Crippen LogP contribution in [0, 0.1) is 0 Å². The molecule has 0 aliphatic rings. The zero-order valence-corrected chi connectivity index (χ0v) is 29.0. The molecule has 0 spiro atoms. The summed E-state index contributed by atoms with van der Waals surface area (Å²) in [5, 5.41) is 34.1. The number of para-hydroxylation sites is 1. The molecule has 0 aliphatic heterocycles. The Morgan fingerprint density at radius 1 is 0.700 bits per heavy atom. The van der Waals surface area contributed by atoms with Crippen molar-refractivity contribution in [3.63, 3.8) is 0 Å². The van der Waals surface area contributed by atoms with Crippen LogP contribution in [-0.2, 0) is 39.6 Å². The van der Waals surface area contributed by atoms with Crippen LogP contribution in [0.5, 0.6) is 0 Å². The zero-order valence-electron chi connectivity index (χ0n) is 27.4. The highest BCUT2D eigenvalue weighted by molar-refractivity contribution is 7.96. The molecule has 0 radical (unpaired) electrons. The Bertz CT molecular complexity index is 1910. The highest BCUT2D eigenvalue weighted by Crippen LogP contribution is 2.47. The predicted octanol–water partition coefficient (Wildman–Crippen LogP) is 7.03. The third-order valence-corrected chi connectivity index (χ3v) is 10.7. The van der Waals surface area contributed by atoms with E-state index in [1.807, 2.05) is 146 Å². The third-order valence-electron chi connectivity index (χ3n) is 8.84. The number of ketones is 1. The molecule has 0 aliphatic carbocycles. The van der Waals surface area contributed by atoms with Crippen LogP contribution >= 0.6 is 23.4 Å². The number of benzene rings is 5. The summed E-state index contributed by atoms with van der Waals surface area (Å²) in [6.07, 6.45) is -3.58. The van der Waals surface area contributed by atoms with Crippen LogP contribution in [0.2, 0.25) is 0 Å². The van der Waals surface area contributed by atoms with Crippen molar-refractivity contribution >= 4 is 39.4 Å². The van der Waals surface area contributed by atoms with Gasteiger partial charge in [-0.05, 0) is 34.4 Å². The normalized spacial score (nSPS) is 15.2. The lowest BCUT2D eigenvalue weighted by Crippen LogP contribution is -2.71. The molecule has 0 saturated carbocycles. The fraction of sp³-hybridized carbons (Fsp3) is 0.220. The van der Waals surface area contributed by atoms with Gasteiger partial charge < -0.3 is 20.1 Å². The molecule has 4 atom stereocenters. The first kappa shape index (κ1) is 35.6. The van der Waals surface area contributed by atoms with E-state index in [2.05, 4.69) is 0 Å². The van der Waals surface area contributed by atoms with Crippen LogP contribution in [-0.4, -0.2) is 56.1 Å². The maximum absolute atomic E-state index is 15.4. The van der Waals surface area contributed by atoms with E-state index in [9.17, 15) is 15.3 Å². The molecule has 256 valence electrons. The highest BCUT2D eigenvalue weighted by Gasteiger charge is 2.64. The topological polar surface area (TPSA) is 109 Å². The Balaban J connectivity index is 1.59. The minimum Gasteiger partial charge on any atom is -0.394 e. The van der Waals surface area contributed by atoms with Gasteiger partial charge in [-0.2, -0.15) is 0 Å². The van der Waals surface area contributed by atoms with E-state index >= 15 is 4.79 Å². The minimum absolute atomic E-state index is 0.00183. The van der Waals surface area contributed by atoms with Crippen LogP contribution in [0.15, 0.2) is 150 Å². The molecule has 1 aromatic heterocycles. The Kier molecular flexibility index (Phi) is 11.9. The fourth-order valence-corrected chi connectivity index (χ4v) is 8.12. The predicted molar refractivity (Wildman–Crippen MR) is 198 cm³/mol. The number of hydrogen-bond donors (Lipinski definition) is 3. The molecule has 6 aromatic rings. The first-order valence-corrected chi connectivity index (χ1v) is 18.0. The van der Waals surface area contributed by atoms with Gasteiger partial charge in [0.2, 0.25) is 0 Å². The molecule has 50 heavy (non-hydrogen) atoms. The summed E-state index contributed by atoms with van der Waals surface area (Å²) in [6.45, 7) is -0.776. The van der Waals surface area contributed by atoms with Gasteiger partial charge in [-0.3, -0.25) is 8.98 Å². The number of fused-ring (bicyclic) bond motifs is 1. The fourth-order valence-electron chi connectivity index (χ4n) is 6.26. The van der Waals surface area contributed by atoms with Crippen molar-refractivity contribution in [2.45, 2.75) is 53.6 Å². The van der Waals surface area contributed by atoms with Gasteiger partial charge in [-0.1, -0.05) is 133 Å². The number of Topliss-reactive ketones (excluding diaryl/α,β-unsaturated/α-hetero) is 1. The first-order chi connectivity index (χ1) is 24.4. The number of aromatic nitrogens is 1. The van der Waals surface area contributed by atoms with Crippen LogP contribution in [0.25, 0.3) is 10.2 Å². The summed E-state index contributed by atoms with van der Waals surface area (Å²) in [5.74, 6) is -0.353. The number of aliphatic hydroxyl groups is 3. The molecule has 0 amide bonds. The molecular weight excluding hydrogens is 667 g/mol. The molecule has 0 saturated heterocycles. The summed E-state index contributed by atoms with van der Waals surface area (Å²) < 4.78 is 15.4. The number of nitrogens with zero attached hydrogens (tertiary/aromatic N) is 1. The van der Waals surface area contributed by atoms with Crippen molar-refractivity contribution in [2.24, 2.45) is 0 Å². The molecule has 7 nitrogen and oxygen atoms in total. The average molecular weight is 706 g/mol. The number of carbonyl (C=O) groups is 1. The van der Waals surface area contributed by atoms with Crippen molar-refractivity contribution in [2.75, 3.05) is 6.61 Å². The van der Waals surface area contributed by atoms with E-state index in [0.29, 0.717) is 4.34 Å². The summed E-state index contributed by atoms with van der Waals surface area (Å²) in [7, 11) is 0. The molecule has 0 fully saturated rings. The monoisotopic (exact) mass is 705 g/mol. The summed E-state index contributed by atoms with van der Waals surface area (Å²) in [4.78, 5) is 20.1. The summed E-state index contributed by atoms with van der Waals surface area (Å²) in [6, 6.07) is 45.4. The van der Waals surface area contributed by atoms with Gasteiger partial charge in [0.1, 0.15) is 12.2 Å². The number of rotatable bonds is 17. The van der Waals surface area contributed by atoms with Crippen molar-refractivity contribution in [1.29, 1.82) is 0 Å². The quantitative estimate of drug-likeness (QED) is 0.0869. The van der Waals surface area contributed by atoms with Gasteiger partial charge in [0.15, 0.2) is 21.3 Å². The van der Waals surface area contributed by atoms with E-state index in [4.69, 9.17) is 13.9 Å². The van der Waals surface area contributed by atoms with E-state index < -0.39 is 30.0 Å². The van der Waals surface area contributed by atoms with Crippen molar-refractivity contribution in [3.05, 3.63) is 168 Å². The van der Waals surface area contributed by atoms with Gasteiger partial charge in [-0.25, -0.2) is 4.98 Å². The number of hydrogen-bond acceptors (Lipinski definition) is 9. The Morgan fingerprint density at radius 2 is 1.22 bits per heavy atom. The van der Waals surface area contributed by atoms with E-state index in [-0.39, 0.29) is 31.7 Å². The number of carbonyl (C=O) groups excluding carboxylic acids is 1. The van der Waals surface area contributed by atoms with Crippen LogP contribution in [0.4, 0.5) is 0 Å². The highest BCUT2D eigenvalue weighted by atomic mass is 32.2. The smallest absolute Gasteiger partial charge is 0.178 e. The molecule has 1 heterocycles. The van der Waals surface area contributed by atoms with Crippen LogP contribution in [0.3, 0.4) is 0 Å². The number of ether oxygens (including phenoxy) is 1. The van der Waals surface area contributed by atoms with Gasteiger partial charge in [0, 0.05) is 19.3 Å². The van der Waals surface area contributed by atoms with E-state index in [1.54, 1.807) is 0 Å². The van der Waals surface area contributed by atoms with E-state index in [0.717, 1.165) is 44.5 Å². The average Bonchev–Trinajstić information content (AvgIpc) is 3.59. The second-order valence-corrected chi connectivity index (χ2v) is 14.2. The van der Waals surface area contributed by atoms with Crippen LogP contribution in [0.1, 0.15) is 22.3 Å².